The quantitative estimate of drug-likeness (QED) is 0.610. The number of hydrogen-bond acceptors (Lipinski definition) is 5. The van der Waals surface area contributed by atoms with Crippen LogP contribution in [0.3, 0.4) is 0 Å². The Morgan fingerprint density at radius 3 is 2.75 bits per heavy atom. The monoisotopic (exact) mass is 390 g/mol. The molecule has 1 aliphatic rings. The SMILES string of the molecule is CC(=O)Nc1cccc(N2CC(O)=C(c3nc(-c4ccccc4)cs3)C2=N)c1. The molecule has 28 heavy (non-hydrogen) atoms. The van der Waals surface area contributed by atoms with Crippen molar-refractivity contribution in [3.63, 3.8) is 0 Å². The van der Waals surface area contributed by atoms with Gasteiger partial charge in [-0.3, -0.25) is 10.2 Å². The molecule has 0 saturated carbocycles. The van der Waals surface area contributed by atoms with Gasteiger partial charge in [0.25, 0.3) is 0 Å². The Morgan fingerprint density at radius 2 is 2.00 bits per heavy atom. The fourth-order valence-corrected chi connectivity index (χ4v) is 4.00. The van der Waals surface area contributed by atoms with Crippen molar-refractivity contribution in [2.75, 3.05) is 16.8 Å². The van der Waals surface area contributed by atoms with Gasteiger partial charge in [-0.05, 0) is 18.2 Å². The number of nitrogens with zero attached hydrogens (tertiary/aromatic N) is 2. The molecule has 1 aromatic heterocycles. The van der Waals surface area contributed by atoms with E-state index < -0.39 is 0 Å². The van der Waals surface area contributed by atoms with Gasteiger partial charge in [-0.2, -0.15) is 0 Å². The fraction of sp³-hybridized carbons (Fsp3) is 0.0952. The fourth-order valence-electron chi connectivity index (χ4n) is 3.11. The maximum Gasteiger partial charge on any atom is 0.221 e. The van der Waals surface area contributed by atoms with Gasteiger partial charge < -0.3 is 15.3 Å². The topological polar surface area (TPSA) is 89.3 Å². The van der Waals surface area contributed by atoms with E-state index in [1.165, 1.54) is 18.3 Å². The van der Waals surface area contributed by atoms with Crippen molar-refractivity contribution in [3.8, 4) is 11.3 Å². The molecule has 4 rings (SSSR count). The minimum absolute atomic E-state index is 0.115. The van der Waals surface area contributed by atoms with Gasteiger partial charge in [-0.25, -0.2) is 4.98 Å². The Kier molecular flexibility index (Phi) is 4.67. The standard InChI is InChI=1S/C21H18N4O2S/c1-13(26)23-15-8-5-9-16(10-15)25-11-18(27)19(20(25)22)21-24-17(12-28-21)14-6-3-2-4-7-14/h2-10,12,22,27H,11H2,1H3,(H,23,26). The van der Waals surface area contributed by atoms with Crippen LogP contribution in [0, 0.1) is 5.41 Å². The zero-order valence-corrected chi connectivity index (χ0v) is 16.0. The Bertz CT molecular complexity index is 1090. The van der Waals surface area contributed by atoms with Gasteiger partial charge in [0.1, 0.15) is 16.6 Å². The molecule has 0 spiro atoms. The maximum atomic E-state index is 11.3. The lowest BCUT2D eigenvalue weighted by atomic mass is 10.2. The first-order chi connectivity index (χ1) is 13.5. The molecule has 0 saturated heterocycles. The summed E-state index contributed by atoms with van der Waals surface area (Å²) in [6.07, 6.45) is 0. The number of carbonyl (C=O) groups excluding carboxylic acids is 1. The van der Waals surface area contributed by atoms with Gasteiger partial charge in [-0.1, -0.05) is 36.4 Å². The normalized spacial score (nSPS) is 13.9. The highest BCUT2D eigenvalue weighted by Gasteiger charge is 2.31. The number of thiazole rings is 1. The first kappa shape index (κ1) is 17.9. The maximum absolute atomic E-state index is 11.3. The van der Waals surface area contributed by atoms with E-state index in [2.05, 4.69) is 10.3 Å². The molecule has 0 atom stereocenters. The van der Waals surface area contributed by atoms with Crippen LogP contribution in [0.2, 0.25) is 0 Å². The predicted molar refractivity (Wildman–Crippen MR) is 113 cm³/mol. The van der Waals surface area contributed by atoms with Gasteiger partial charge in [0.2, 0.25) is 5.91 Å². The molecule has 2 heterocycles. The number of nitrogens with one attached hydrogen (secondary N) is 2. The van der Waals surface area contributed by atoms with Crippen molar-refractivity contribution < 1.29 is 9.90 Å². The number of anilines is 2. The van der Waals surface area contributed by atoms with Gasteiger partial charge in [-0.15, -0.1) is 11.3 Å². The molecule has 140 valence electrons. The Balaban J connectivity index is 1.61. The van der Waals surface area contributed by atoms with Crippen molar-refractivity contribution in [2.24, 2.45) is 0 Å². The number of hydrogen-bond donors (Lipinski definition) is 3. The van der Waals surface area contributed by atoms with Crippen LogP contribution in [-0.4, -0.2) is 28.4 Å². The first-order valence-electron chi connectivity index (χ1n) is 8.70. The Morgan fingerprint density at radius 1 is 1.21 bits per heavy atom. The second-order valence-electron chi connectivity index (χ2n) is 6.39. The van der Waals surface area contributed by atoms with E-state index in [0.29, 0.717) is 16.3 Å². The summed E-state index contributed by atoms with van der Waals surface area (Å²) in [5, 5.41) is 24.4. The largest absolute Gasteiger partial charge is 0.510 e. The Hall–Kier alpha value is -3.45. The molecule has 1 amide bonds. The molecule has 0 unspecified atom stereocenters. The van der Waals surface area contributed by atoms with Crippen LogP contribution in [0.1, 0.15) is 11.9 Å². The highest BCUT2D eigenvalue weighted by Crippen LogP contribution is 2.34. The van der Waals surface area contributed by atoms with Crippen LogP contribution in [0.5, 0.6) is 0 Å². The Labute approximate surface area is 166 Å². The van der Waals surface area contributed by atoms with Crippen molar-refractivity contribution >= 4 is 40.0 Å². The van der Waals surface area contributed by atoms with E-state index in [1.54, 1.807) is 23.1 Å². The number of rotatable bonds is 4. The predicted octanol–water partition coefficient (Wildman–Crippen LogP) is 4.54. The minimum Gasteiger partial charge on any atom is -0.510 e. The van der Waals surface area contributed by atoms with Crippen LogP contribution in [0.15, 0.2) is 65.7 Å². The number of aliphatic hydroxyl groups is 1. The van der Waals surface area contributed by atoms with E-state index in [9.17, 15) is 9.90 Å². The molecule has 0 fully saturated rings. The number of aliphatic hydroxyl groups excluding tert-OH is 1. The molecule has 0 bridgehead atoms. The molecule has 0 aliphatic carbocycles. The van der Waals surface area contributed by atoms with E-state index in [1.807, 2.05) is 41.8 Å². The third-order valence-corrected chi connectivity index (χ3v) is 5.23. The lowest BCUT2D eigenvalue weighted by Crippen LogP contribution is -2.26. The molecule has 3 aromatic rings. The van der Waals surface area contributed by atoms with Crippen LogP contribution < -0.4 is 10.2 Å². The zero-order valence-electron chi connectivity index (χ0n) is 15.1. The smallest absolute Gasteiger partial charge is 0.221 e. The van der Waals surface area contributed by atoms with Crippen molar-refractivity contribution in [1.82, 2.24) is 4.98 Å². The highest BCUT2D eigenvalue weighted by atomic mass is 32.1. The van der Waals surface area contributed by atoms with E-state index in [0.717, 1.165) is 16.9 Å². The minimum atomic E-state index is -0.161. The third-order valence-electron chi connectivity index (χ3n) is 4.37. The molecule has 6 nitrogen and oxygen atoms in total. The number of benzene rings is 2. The van der Waals surface area contributed by atoms with Crippen molar-refractivity contribution in [3.05, 3.63) is 70.7 Å². The van der Waals surface area contributed by atoms with Gasteiger partial charge >= 0.3 is 0 Å². The summed E-state index contributed by atoms with van der Waals surface area (Å²) >= 11 is 1.40. The van der Waals surface area contributed by atoms with E-state index in [4.69, 9.17) is 5.41 Å². The average molecular weight is 390 g/mol. The van der Waals surface area contributed by atoms with Gasteiger partial charge in [0.05, 0.1) is 17.8 Å². The van der Waals surface area contributed by atoms with Crippen LogP contribution in [0.25, 0.3) is 16.8 Å². The molecule has 2 aromatic carbocycles. The van der Waals surface area contributed by atoms with Crippen LogP contribution >= 0.6 is 11.3 Å². The van der Waals surface area contributed by atoms with Crippen LogP contribution in [0.4, 0.5) is 11.4 Å². The van der Waals surface area contributed by atoms with Crippen molar-refractivity contribution in [2.45, 2.75) is 6.92 Å². The highest BCUT2D eigenvalue weighted by molar-refractivity contribution is 7.11. The first-order valence-corrected chi connectivity index (χ1v) is 9.58. The summed E-state index contributed by atoms with van der Waals surface area (Å²) < 4.78 is 0. The summed E-state index contributed by atoms with van der Waals surface area (Å²) in [5.74, 6) is 0.141. The summed E-state index contributed by atoms with van der Waals surface area (Å²) in [6, 6.07) is 17.0. The van der Waals surface area contributed by atoms with Gasteiger partial charge in [0.15, 0.2) is 0 Å². The second-order valence-corrected chi connectivity index (χ2v) is 7.25. The molecule has 3 N–H and O–H groups in total. The number of amidine groups is 1. The lowest BCUT2D eigenvalue weighted by Gasteiger charge is -2.19. The van der Waals surface area contributed by atoms with E-state index in [-0.39, 0.29) is 24.0 Å². The zero-order chi connectivity index (χ0) is 19.7. The third kappa shape index (κ3) is 3.39. The number of carbonyl (C=O) groups is 1. The molecule has 1 aliphatic heterocycles. The molecular formula is C21H18N4O2S. The van der Waals surface area contributed by atoms with Crippen LogP contribution in [-0.2, 0) is 4.79 Å². The molecule has 0 radical (unpaired) electrons. The van der Waals surface area contributed by atoms with Gasteiger partial charge in [0, 0.05) is 29.2 Å². The number of amides is 1. The summed E-state index contributed by atoms with van der Waals surface area (Å²) in [7, 11) is 0. The second kappa shape index (κ2) is 7.28. The lowest BCUT2D eigenvalue weighted by molar-refractivity contribution is -0.114. The van der Waals surface area contributed by atoms with Crippen molar-refractivity contribution in [1.29, 1.82) is 5.41 Å². The summed E-state index contributed by atoms with van der Waals surface area (Å²) in [4.78, 5) is 17.6. The van der Waals surface area contributed by atoms with E-state index >= 15 is 0 Å². The average Bonchev–Trinajstić information content (AvgIpc) is 3.26. The summed E-state index contributed by atoms with van der Waals surface area (Å²) in [5.41, 5.74) is 3.62. The summed E-state index contributed by atoms with van der Waals surface area (Å²) in [6.45, 7) is 1.64. The number of aromatic nitrogens is 1. The molecular weight excluding hydrogens is 372 g/mol. The molecule has 7 heteroatoms.